The monoisotopic (exact) mass is 352 g/mol. The van der Waals surface area contributed by atoms with Gasteiger partial charge in [-0.2, -0.15) is 12.7 Å². The summed E-state index contributed by atoms with van der Waals surface area (Å²) in [4.78, 5) is 0.627. The smallest absolute Gasteiger partial charge is 0.202 e. The van der Waals surface area contributed by atoms with E-state index in [2.05, 4.69) is 20.7 Å². The molecule has 1 aliphatic carbocycles. The van der Waals surface area contributed by atoms with Crippen molar-refractivity contribution >= 4 is 26.1 Å². The normalized spacial score (nSPS) is 34.3. The summed E-state index contributed by atoms with van der Waals surface area (Å²) in [6, 6.07) is 0.143. The Balaban J connectivity index is 1.83. The minimum absolute atomic E-state index is 0.143. The molecule has 0 aromatic heterocycles. The lowest BCUT2D eigenvalue weighted by Crippen LogP contribution is -2.49. The van der Waals surface area contributed by atoms with Gasteiger partial charge >= 0.3 is 0 Å². The minimum Gasteiger partial charge on any atom is -0.202 e. The van der Waals surface area contributed by atoms with Gasteiger partial charge in [-0.25, -0.2) is 4.72 Å². The Morgan fingerprint density at radius 1 is 1.16 bits per heavy atom. The molecular weight excluding hydrogens is 328 g/mol. The molecule has 1 aliphatic heterocycles. The molecule has 1 saturated carbocycles. The van der Waals surface area contributed by atoms with Crippen LogP contribution in [-0.4, -0.2) is 36.7 Å². The predicted octanol–water partition coefficient (Wildman–Crippen LogP) is 2.65. The van der Waals surface area contributed by atoms with Crippen LogP contribution in [0.3, 0.4) is 0 Å². The number of piperidine rings is 1. The van der Waals surface area contributed by atoms with Crippen LogP contribution in [0, 0.1) is 5.92 Å². The topological polar surface area (TPSA) is 49.4 Å². The Morgan fingerprint density at radius 3 is 2.47 bits per heavy atom. The van der Waals surface area contributed by atoms with Gasteiger partial charge in [-0.15, -0.1) is 0 Å². The van der Waals surface area contributed by atoms with Crippen LogP contribution >= 0.6 is 15.9 Å². The molecule has 1 saturated heterocycles. The average Bonchev–Trinajstić information content (AvgIpc) is 2.38. The highest BCUT2D eigenvalue weighted by atomic mass is 79.9. The second-order valence-corrected chi connectivity index (χ2v) is 8.93. The lowest BCUT2D eigenvalue weighted by molar-refractivity contribution is 0.263. The Labute approximate surface area is 125 Å². The molecule has 0 aromatic rings. The highest BCUT2D eigenvalue weighted by Gasteiger charge is 2.30. The van der Waals surface area contributed by atoms with E-state index in [0.717, 1.165) is 44.9 Å². The second-order valence-electron chi connectivity index (χ2n) is 5.93. The first-order chi connectivity index (χ1) is 8.99. The van der Waals surface area contributed by atoms with E-state index in [1.807, 2.05) is 6.92 Å². The fraction of sp³-hybridized carbons (Fsp3) is 1.00. The fourth-order valence-electron chi connectivity index (χ4n) is 3.06. The Bertz CT molecular complexity index is 380. The van der Waals surface area contributed by atoms with Crippen LogP contribution in [0.4, 0.5) is 0 Å². The maximum Gasteiger partial charge on any atom is 0.279 e. The van der Waals surface area contributed by atoms with Gasteiger partial charge in [-0.1, -0.05) is 22.4 Å². The van der Waals surface area contributed by atoms with E-state index >= 15 is 0 Å². The van der Waals surface area contributed by atoms with Crippen LogP contribution in [0.25, 0.3) is 0 Å². The molecule has 19 heavy (non-hydrogen) atoms. The van der Waals surface area contributed by atoms with Crippen LogP contribution in [0.5, 0.6) is 0 Å². The maximum atomic E-state index is 12.3. The van der Waals surface area contributed by atoms with Crippen molar-refractivity contribution in [2.24, 2.45) is 5.92 Å². The summed E-state index contributed by atoms with van der Waals surface area (Å²) in [6.07, 6.45) is 7.67. The fourth-order valence-corrected chi connectivity index (χ4v) is 5.15. The van der Waals surface area contributed by atoms with Gasteiger partial charge in [0.05, 0.1) is 0 Å². The molecule has 0 bridgehead atoms. The quantitative estimate of drug-likeness (QED) is 0.790. The van der Waals surface area contributed by atoms with E-state index < -0.39 is 10.2 Å². The lowest BCUT2D eigenvalue weighted by Gasteiger charge is -2.33. The molecule has 4 nitrogen and oxygen atoms in total. The highest BCUT2D eigenvalue weighted by Crippen LogP contribution is 2.28. The first kappa shape index (κ1) is 15.7. The van der Waals surface area contributed by atoms with Gasteiger partial charge in [0.2, 0.25) is 0 Å². The summed E-state index contributed by atoms with van der Waals surface area (Å²) in [5, 5.41) is 0. The predicted molar refractivity (Wildman–Crippen MR) is 81.6 cm³/mol. The van der Waals surface area contributed by atoms with E-state index in [0.29, 0.717) is 23.8 Å². The molecule has 2 aliphatic rings. The van der Waals surface area contributed by atoms with Crippen molar-refractivity contribution < 1.29 is 8.42 Å². The number of rotatable bonds is 4. The zero-order valence-corrected chi connectivity index (χ0v) is 14.0. The minimum atomic E-state index is -3.27. The van der Waals surface area contributed by atoms with Crippen LogP contribution in [0.15, 0.2) is 0 Å². The molecule has 1 unspecified atom stereocenters. The van der Waals surface area contributed by atoms with Crippen LogP contribution < -0.4 is 4.72 Å². The van der Waals surface area contributed by atoms with Crippen molar-refractivity contribution in [3.8, 4) is 0 Å². The first-order valence-electron chi connectivity index (χ1n) is 7.39. The number of hydrogen-bond donors (Lipinski definition) is 1. The van der Waals surface area contributed by atoms with Gasteiger partial charge in [0, 0.05) is 24.0 Å². The van der Waals surface area contributed by atoms with Crippen LogP contribution in [0.1, 0.15) is 51.9 Å². The number of alkyl halides is 1. The van der Waals surface area contributed by atoms with Crippen molar-refractivity contribution in [1.82, 2.24) is 9.03 Å². The molecule has 2 rings (SSSR count). The van der Waals surface area contributed by atoms with E-state index in [1.165, 1.54) is 0 Å². The molecule has 0 aromatic carbocycles. The SMILES string of the molecule is CC1CCCCN1S(=O)(=O)NCC1CCC(Br)CC1. The largest absolute Gasteiger partial charge is 0.279 e. The van der Waals surface area contributed by atoms with E-state index in [-0.39, 0.29) is 6.04 Å². The number of hydrogen-bond acceptors (Lipinski definition) is 2. The Morgan fingerprint density at radius 2 is 1.84 bits per heavy atom. The van der Waals surface area contributed by atoms with Crippen molar-refractivity contribution in [3.05, 3.63) is 0 Å². The number of halogens is 1. The van der Waals surface area contributed by atoms with Crippen LogP contribution in [0.2, 0.25) is 0 Å². The van der Waals surface area contributed by atoms with Gasteiger partial charge in [0.25, 0.3) is 10.2 Å². The number of nitrogens with zero attached hydrogens (tertiary/aromatic N) is 1. The summed E-state index contributed by atoms with van der Waals surface area (Å²) >= 11 is 3.63. The first-order valence-corrected chi connectivity index (χ1v) is 9.75. The van der Waals surface area contributed by atoms with Crippen LogP contribution in [-0.2, 0) is 10.2 Å². The zero-order valence-electron chi connectivity index (χ0n) is 11.6. The van der Waals surface area contributed by atoms with Crippen molar-refractivity contribution in [2.45, 2.75) is 62.7 Å². The van der Waals surface area contributed by atoms with E-state index in [4.69, 9.17) is 0 Å². The van der Waals surface area contributed by atoms with Gasteiger partial charge in [0.1, 0.15) is 0 Å². The standard InChI is InChI=1S/C13H25BrN2O2S/c1-11-4-2-3-9-16(11)19(17,18)15-10-12-5-7-13(14)8-6-12/h11-13,15H,2-10H2,1H3. The summed E-state index contributed by atoms with van der Waals surface area (Å²) in [6.45, 7) is 3.28. The van der Waals surface area contributed by atoms with Gasteiger partial charge in [0.15, 0.2) is 0 Å². The molecule has 0 spiro atoms. The number of nitrogens with one attached hydrogen (secondary N) is 1. The van der Waals surface area contributed by atoms with Crippen molar-refractivity contribution in [1.29, 1.82) is 0 Å². The lowest BCUT2D eigenvalue weighted by atomic mass is 9.89. The molecule has 0 radical (unpaired) electrons. The molecule has 1 atom stereocenters. The molecule has 1 heterocycles. The highest BCUT2D eigenvalue weighted by molar-refractivity contribution is 9.09. The molecule has 1 N–H and O–H groups in total. The zero-order chi connectivity index (χ0) is 13.9. The van der Waals surface area contributed by atoms with Crippen molar-refractivity contribution in [3.63, 3.8) is 0 Å². The summed E-state index contributed by atoms with van der Waals surface area (Å²) in [7, 11) is -3.27. The summed E-state index contributed by atoms with van der Waals surface area (Å²) in [5.74, 6) is 0.503. The second kappa shape index (κ2) is 6.87. The Hall–Kier alpha value is 0.350. The van der Waals surface area contributed by atoms with E-state index in [1.54, 1.807) is 4.31 Å². The van der Waals surface area contributed by atoms with Gasteiger partial charge in [-0.05, 0) is 51.4 Å². The average molecular weight is 353 g/mol. The van der Waals surface area contributed by atoms with Gasteiger partial charge < -0.3 is 0 Å². The summed E-state index contributed by atoms with van der Waals surface area (Å²) in [5.41, 5.74) is 0. The molecule has 6 heteroatoms. The van der Waals surface area contributed by atoms with Crippen molar-refractivity contribution in [2.75, 3.05) is 13.1 Å². The van der Waals surface area contributed by atoms with E-state index in [9.17, 15) is 8.42 Å². The summed E-state index contributed by atoms with van der Waals surface area (Å²) < 4.78 is 29.1. The Kier molecular flexibility index (Phi) is 5.69. The maximum absolute atomic E-state index is 12.3. The third-order valence-corrected chi connectivity index (χ3v) is 6.99. The molecule has 0 amide bonds. The van der Waals surface area contributed by atoms with Gasteiger partial charge in [-0.3, -0.25) is 0 Å². The third-order valence-electron chi connectivity index (χ3n) is 4.38. The molecular formula is C13H25BrN2O2S. The third kappa shape index (κ3) is 4.41. The molecule has 2 fully saturated rings. The molecule has 112 valence electrons.